The number of nitrogens with zero attached hydrogens (tertiary/aromatic N) is 1. The Morgan fingerprint density at radius 3 is 2.68 bits per heavy atom. The highest BCUT2D eigenvalue weighted by Crippen LogP contribution is 2.34. The summed E-state index contributed by atoms with van der Waals surface area (Å²) in [5.41, 5.74) is 2.58. The number of hydrogen-bond donors (Lipinski definition) is 1. The van der Waals surface area contributed by atoms with Crippen molar-refractivity contribution in [2.75, 3.05) is 26.2 Å². The molecule has 2 nitrogen and oxygen atoms in total. The number of benzene rings is 1. The molecule has 0 amide bonds. The van der Waals surface area contributed by atoms with E-state index in [9.17, 15) is 0 Å². The third-order valence-corrected chi connectivity index (χ3v) is 4.67. The summed E-state index contributed by atoms with van der Waals surface area (Å²) in [4.78, 5) is 2.55. The molecule has 0 spiro atoms. The highest BCUT2D eigenvalue weighted by molar-refractivity contribution is 9.11. The van der Waals surface area contributed by atoms with Crippen LogP contribution in [0.4, 0.5) is 0 Å². The van der Waals surface area contributed by atoms with Crippen molar-refractivity contribution in [2.24, 2.45) is 0 Å². The zero-order chi connectivity index (χ0) is 13.8. The molecular weight excluding hydrogens is 368 g/mol. The van der Waals surface area contributed by atoms with Crippen molar-refractivity contribution in [1.29, 1.82) is 0 Å². The van der Waals surface area contributed by atoms with E-state index in [0.29, 0.717) is 6.04 Å². The summed E-state index contributed by atoms with van der Waals surface area (Å²) in [5, 5.41) is 3.42. The van der Waals surface area contributed by atoms with Gasteiger partial charge in [-0.05, 0) is 37.1 Å². The summed E-state index contributed by atoms with van der Waals surface area (Å²) >= 11 is 7.28. The average Bonchev–Trinajstić information content (AvgIpc) is 2.40. The van der Waals surface area contributed by atoms with E-state index in [4.69, 9.17) is 0 Å². The third kappa shape index (κ3) is 4.15. The first-order valence-corrected chi connectivity index (χ1v) is 8.20. The van der Waals surface area contributed by atoms with E-state index in [1.807, 2.05) is 0 Å². The van der Waals surface area contributed by atoms with Gasteiger partial charge in [-0.15, -0.1) is 6.58 Å². The molecule has 104 valence electrons. The zero-order valence-corrected chi connectivity index (χ0v) is 14.4. The molecule has 0 bridgehead atoms. The molecule has 1 aliphatic rings. The Bertz CT molecular complexity index is 453. The lowest BCUT2D eigenvalue weighted by Gasteiger charge is -2.36. The molecule has 0 radical (unpaired) electrons. The van der Waals surface area contributed by atoms with Crippen molar-refractivity contribution in [1.82, 2.24) is 10.2 Å². The zero-order valence-electron chi connectivity index (χ0n) is 11.3. The van der Waals surface area contributed by atoms with Crippen molar-refractivity contribution >= 4 is 31.9 Å². The molecular formula is C15H20Br2N2. The smallest absolute Gasteiger partial charge is 0.0397 e. The number of piperazine rings is 1. The second-order valence-corrected chi connectivity index (χ2v) is 6.90. The number of hydrogen-bond acceptors (Lipinski definition) is 2. The minimum atomic E-state index is 0.409. The largest absolute Gasteiger partial charge is 0.314 e. The maximum absolute atomic E-state index is 4.10. The molecule has 1 atom stereocenters. The Morgan fingerprint density at radius 2 is 2.05 bits per heavy atom. The first-order valence-electron chi connectivity index (χ1n) is 6.62. The van der Waals surface area contributed by atoms with Gasteiger partial charge in [-0.3, -0.25) is 4.90 Å². The predicted molar refractivity (Wildman–Crippen MR) is 88.5 cm³/mol. The van der Waals surface area contributed by atoms with Crippen molar-refractivity contribution in [3.63, 3.8) is 0 Å². The average molecular weight is 388 g/mol. The van der Waals surface area contributed by atoms with Gasteiger partial charge in [0.2, 0.25) is 0 Å². The number of nitrogens with one attached hydrogen (secondary N) is 1. The maximum Gasteiger partial charge on any atom is 0.0397 e. The summed E-state index contributed by atoms with van der Waals surface area (Å²) in [7, 11) is 0. The van der Waals surface area contributed by atoms with Gasteiger partial charge in [0.05, 0.1) is 0 Å². The topological polar surface area (TPSA) is 15.3 Å². The number of halogens is 2. The summed E-state index contributed by atoms with van der Waals surface area (Å²) in [6.45, 7) is 10.5. The summed E-state index contributed by atoms with van der Waals surface area (Å²) in [5.74, 6) is 0. The van der Waals surface area contributed by atoms with Gasteiger partial charge in [-0.2, -0.15) is 0 Å². The lowest BCUT2D eigenvalue weighted by Crippen LogP contribution is -2.45. The quantitative estimate of drug-likeness (QED) is 0.781. The lowest BCUT2D eigenvalue weighted by atomic mass is 9.98. The summed E-state index contributed by atoms with van der Waals surface area (Å²) in [6.07, 6.45) is 1.01. The minimum absolute atomic E-state index is 0.409. The van der Waals surface area contributed by atoms with E-state index in [1.54, 1.807) is 0 Å². The minimum Gasteiger partial charge on any atom is -0.314 e. The molecule has 1 aromatic carbocycles. The van der Waals surface area contributed by atoms with Gasteiger partial charge in [0, 0.05) is 41.2 Å². The molecule has 2 rings (SSSR count). The molecule has 0 aliphatic carbocycles. The van der Waals surface area contributed by atoms with Crippen LogP contribution >= 0.6 is 31.9 Å². The SMILES string of the molecule is C=C(C)C[C@@H](c1cc(Br)ccc1Br)N1CCNCC1. The van der Waals surface area contributed by atoms with E-state index >= 15 is 0 Å². The van der Waals surface area contributed by atoms with Crippen molar-refractivity contribution in [2.45, 2.75) is 19.4 Å². The van der Waals surface area contributed by atoms with Crippen LogP contribution in [0, 0.1) is 0 Å². The van der Waals surface area contributed by atoms with Crippen LogP contribution in [0.2, 0.25) is 0 Å². The number of rotatable bonds is 4. The van der Waals surface area contributed by atoms with Crippen LogP contribution in [0.25, 0.3) is 0 Å². The van der Waals surface area contributed by atoms with Gasteiger partial charge in [-0.25, -0.2) is 0 Å². The standard InChI is InChI=1S/C15H20Br2N2/c1-11(2)9-15(19-7-5-18-6-8-19)13-10-12(16)3-4-14(13)17/h3-4,10,15,18H,1,5-9H2,2H3/t15-/m0/s1. The fraction of sp³-hybridized carbons (Fsp3) is 0.467. The first kappa shape index (κ1) is 15.2. The molecule has 1 aromatic rings. The van der Waals surface area contributed by atoms with E-state index in [1.165, 1.54) is 15.6 Å². The van der Waals surface area contributed by atoms with Gasteiger partial charge in [-0.1, -0.05) is 37.4 Å². The normalized spacial score (nSPS) is 18.3. The third-order valence-electron chi connectivity index (χ3n) is 3.45. The molecule has 1 aliphatic heterocycles. The molecule has 0 aromatic heterocycles. The highest BCUT2D eigenvalue weighted by Gasteiger charge is 2.24. The second kappa shape index (κ2) is 7.02. The lowest BCUT2D eigenvalue weighted by molar-refractivity contribution is 0.172. The van der Waals surface area contributed by atoms with E-state index in [-0.39, 0.29) is 0 Å². The Labute approximate surface area is 132 Å². The van der Waals surface area contributed by atoms with Gasteiger partial charge in [0.1, 0.15) is 0 Å². The van der Waals surface area contributed by atoms with Gasteiger partial charge < -0.3 is 5.32 Å². The maximum atomic E-state index is 4.10. The predicted octanol–water partition coefficient (Wildman–Crippen LogP) is 4.12. The molecule has 0 unspecified atom stereocenters. The van der Waals surface area contributed by atoms with Crippen LogP contribution in [0.15, 0.2) is 39.3 Å². The van der Waals surface area contributed by atoms with Crippen molar-refractivity contribution < 1.29 is 0 Å². The fourth-order valence-corrected chi connectivity index (χ4v) is 3.42. The monoisotopic (exact) mass is 386 g/mol. The highest BCUT2D eigenvalue weighted by atomic mass is 79.9. The van der Waals surface area contributed by atoms with E-state index < -0.39 is 0 Å². The molecule has 4 heteroatoms. The summed E-state index contributed by atoms with van der Waals surface area (Å²) in [6, 6.07) is 6.82. The van der Waals surface area contributed by atoms with Crippen molar-refractivity contribution in [3.8, 4) is 0 Å². The Balaban J connectivity index is 2.29. The molecule has 1 fully saturated rings. The van der Waals surface area contributed by atoms with Crippen LogP contribution in [-0.4, -0.2) is 31.1 Å². The molecule has 19 heavy (non-hydrogen) atoms. The molecule has 1 saturated heterocycles. The Morgan fingerprint density at radius 1 is 1.37 bits per heavy atom. The fourth-order valence-electron chi connectivity index (χ4n) is 2.53. The van der Waals surface area contributed by atoms with Crippen LogP contribution in [0.1, 0.15) is 24.9 Å². The Hall–Kier alpha value is -0.160. The Kier molecular flexibility index (Phi) is 5.63. The van der Waals surface area contributed by atoms with Gasteiger partial charge >= 0.3 is 0 Å². The van der Waals surface area contributed by atoms with Gasteiger partial charge in [0.25, 0.3) is 0 Å². The molecule has 1 heterocycles. The van der Waals surface area contributed by atoms with Crippen LogP contribution in [-0.2, 0) is 0 Å². The van der Waals surface area contributed by atoms with Crippen LogP contribution in [0.3, 0.4) is 0 Å². The van der Waals surface area contributed by atoms with E-state index in [2.05, 4.69) is 73.8 Å². The molecule has 0 saturated carbocycles. The van der Waals surface area contributed by atoms with Crippen molar-refractivity contribution in [3.05, 3.63) is 44.9 Å². The summed E-state index contributed by atoms with van der Waals surface area (Å²) < 4.78 is 2.31. The first-order chi connectivity index (χ1) is 9.08. The van der Waals surface area contributed by atoms with Crippen LogP contribution < -0.4 is 5.32 Å². The van der Waals surface area contributed by atoms with Crippen LogP contribution in [0.5, 0.6) is 0 Å². The van der Waals surface area contributed by atoms with Gasteiger partial charge in [0.15, 0.2) is 0 Å². The molecule has 1 N–H and O–H groups in total. The second-order valence-electron chi connectivity index (χ2n) is 5.13. The van der Waals surface area contributed by atoms with E-state index in [0.717, 1.165) is 37.1 Å².